The Balaban J connectivity index is 1.24. The summed E-state index contributed by atoms with van der Waals surface area (Å²) in [5.41, 5.74) is 3.81. The molecule has 1 spiro atoms. The SMILES string of the molecule is Cn1c(C(O)NCc2ccncc2)nc2c(N3CCC4(CC3)C(=O)Nc3ccccc34)ncnc21. The molecule has 1 fully saturated rings. The number of hydrogen-bond acceptors (Lipinski definition) is 8. The third-order valence-electron chi connectivity index (χ3n) is 7.21. The summed E-state index contributed by atoms with van der Waals surface area (Å²) in [6.45, 7) is 1.81. The Kier molecular flexibility index (Phi) is 5.19. The van der Waals surface area contributed by atoms with Crippen LogP contribution in [0.15, 0.2) is 55.1 Å². The van der Waals surface area contributed by atoms with Gasteiger partial charge in [-0.3, -0.25) is 15.1 Å². The Morgan fingerprint density at radius 1 is 1.14 bits per heavy atom. The summed E-state index contributed by atoms with van der Waals surface area (Å²) < 4.78 is 1.79. The summed E-state index contributed by atoms with van der Waals surface area (Å²) >= 11 is 0. The molecule has 2 aliphatic heterocycles. The number of piperidine rings is 1. The first-order valence-electron chi connectivity index (χ1n) is 11.7. The van der Waals surface area contributed by atoms with Crippen molar-refractivity contribution in [3.63, 3.8) is 0 Å². The molecule has 10 nitrogen and oxygen atoms in total. The Morgan fingerprint density at radius 2 is 1.91 bits per heavy atom. The summed E-state index contributed by atoms with van der Waals surface area (Å²) in [7, 11) is 1.84. The minimum Gasteiger partial charge on any atom is -0.371 e. The Bertz CT molecular complexity index is 1400. The molecule has 0 radical (unpaired) electrons. The number of pyridine rings is 1. The van der Waals surface area contributed by atoms with Crippen molar-refractivity contribution in [3.05, 3.63) is 72.1 Å². The number of aryl methyl sites for hydroxylation is 1. The van der Waals surface area contributed by atoms with E-state index in [1.807, 2.05) is 37.4 Å². The maximum atomic E-state index is 12.9. The van der Waals surface area contributed by atoms with Crippen molar-refractivity contribution in [2.75, 3.05) is 23.3 Å². The fourth-order valence-electron chi connectivity index (χ4n) is 5.26. The summed E-state index contributed by atoms with van der Waals surface area (Å²) in [5, 5.41) is 17.0. The quantitative estimate of drug-likeness (QED) is 0.379. The largest absolute Gasteiger partial charge is 0.371 e. The maximum Gasteiger partial charge on any atom is 0.235 e. The first kappa shape index (κ1) is 21.6. The molecule has 4 aromatic rings. The van der Waals surface area contributed by atoms with Gasteiger partial charge in [-0.05, 0) is 42.2 Å². The van der Waals surface area contributed by atoms with Gasteiger partial charge in [0.25, 0.3) is 0 Å². The van der Waals surface area contributed by atoms with Crippen molar-refractivity contribution in [3.8, 4) is 0 Å². The van der Waals surface area contributed by atoms with Crippen LogP contribution < -0.4 is 15.5 Å². The fourth-order valence-corrected chi connectivity index (χ4v) is 5.26. The number of amides is 1. The zero-order chi connectivity index (χ0) is 24.0. The van der Waals surface area contributed by atoms with Gasteiger partial charge in [0.1, 0.15) is 6.33 Å². The van der Waals surface area contributed by atoms with Crippen LogP contribution in [0, 0.1) is 0 Å². The predicted molar refractivity (Wildman–Crippen MR) is 131 cm³/mol. The number of anilines is 2. The molecule has 1 saturated heterocycles. The van der Waals surface area contributed by atoms with Crippen molar-refractivity contribution in [2.24, 2.45) is 7.05 Å². The van der Waals surface area contributed by atoms with Gasteiger partial charge in [0, 0.05) is 44.8 Å². The second-order valence-electron chi connectivity index (χ2n) is 9.11. The second-order valence-corrected chi connectivity index (χ2v) is 9.11. The third kappa shape index (κ3) is 3.53. The number of benzene rings is 1. The molecule has 1 atom stereocenters. The van der Waals surface area contributed by atoms with Crippen LogP contribution in [0.4, 0.5) is 11.5 Å². The van der Waals surface area contributed by atoms with Gasteiger partial charge in [0.15, 0.2) is 29.0 Å². The molecular formula is C25H26N8O2. The zero-order valence-electron chi connectivity index (χ0n) is 19.3. The number of para-hydroxylation sites is 1. The molecule has 1 amide bonds. The van der Waals surface area contributed by atoms with Gasteiger partial charge in [-0.1, -0.05) is 18.2 Å². The van der Waals surface area contributed by atoms with E-state index in [2.05, 4.69) is 36.6 Å². The van der Waals surface area contributed by atoms with Crippen molar-refractivity contribution in [1.82, 2.24) is 29.8 Å². The van der Waals surface area contributed by atoms with E-state index in [-0.39, 0.29) is 5.91 Å². The number of rotatable bonds is 5. The molecule has 0 bridgehead atoms. The van der Waals surface area contributed by atoms with E-state index < -0.39 is 11.6 Å². The topological polar surface area (TPSA) is 121 Å². The van der Waals surface area contributed by atoms with Crippen LogP contribution in [-0.4, -0.2) is 48.6 Å². The van der Waals surface area contributed by atoms with Crippen LogP contribution in [0.3, 0.4) is 0 Å². The highest BCUT2D eigenvalue weighted by Gasteiger charge is 2.48. The van der Waals surface area contributed by atoms with Gasteiger partial charge in [0.2, 0.25) is 5.91 Å². The lowest BCUT2D eigenvalue weighted by Crippen LogP contribution is -2.46. The number of aliphatic hydroxyl groups is 1. The minimum atomic E-state index is -0.974. The lowest BCUT2D eigenvalue weighted by Gasteiger charge is -2.38. The fraction of sp³-hybridized carbons (Fsp3) is 0.320. The second kappa shape index (κ2) is 8.40. The normalized spacial score (nSPS) is 17.5. The molecule has 1 unspecified atom stereocenters. The summed E-state index contributed by atoms with van der Waals surface area (Å²) in [5.74, 6) is 1.27. The highest BCUT2D eigenvalue weighted by Crippen LogP contribution is 2.45. The van der Waals surface area contributed by atoms with Crippen LogP contribution in [0.25, 0.3) is 11.2 Å². The van der Waals surface area contributed by atoms with Crippen LogP contribution in [0.2, 0.25) is 0 Å². The standard InChI is InChI=1S/C25H26N8O2/c1-32-20-19(31-22(32)23(34)27-14-16-6-10-26-11-7-16)21(29-15-28-20)33-12-8-25(9-13-33)17-4-2-3-5-18(17)30-24(25)35/h2-7,10-11,15,23,27,34H,8-9,12-14H2,1H3,(H,30,35). The molecule has 3 N–H and O–H groups in total. The number of nitrogens with zero attached hydrogens (tertiary/aromatic N) is 6. The van der Waals surface area contributed by atoms with E-state index >= 15 is 0 Å². The maximum absolute atomic E-state index is 12.9. The molecule has 2 aliphatic rings. The molecule has 178 valence electrons. The highest BCUT2D eigenvalue weighted by atomic mass is 16.3. The number of fused-ring (bicyclic) bond motifs is 3. The molecule has 0 aliphatic carbocycles. The molecule has 6 rings (SSSR count). The van der Waals surface area contributed by atoms with Crippen molar-refractivity contribution in [1.29, 1.82) is 0 Å². The van der Waals surface area contributed by atoms with E-state index in [1.165, 1.54) is 6.33 Å². The number of aliphatic hydroxyl groups excluding tert-OH is 1. The number of nitrogens with one attached hydrogen (secondary N) is 2. The van der Waals surface area contributed by atoms with Crippen LogP contribution in [0.1, 0.15) is 36.0 Å². The van der Waals surface area contributed by atoms with Crippen molar-refractivity contribution in [2.45, 2.75) is 31.0 Å². The smallest absolute Gasteiger partial charge is 0.235 e. The average molecular weight is 471 g/mol. The Hall–Kier alpha value is -3.89. The molecule has 10 heteroatoms. The predicted octanol–water partition coefficient (Wildman–Crippen LogP) is 2.03. The number of hydrogen-bond donors (Lipinski definition) is 3. The molecular weight excluding hydrogens is 444 g/mol. The first-order valence-corrected chi connectivity index (χ1v) is 11.7. The van der Waals surface area contributed by atoms with Gasteiger partial charge in [0.05, 0.1) is 5.41 Å². The zero-order valence-corrected chi connectivity index (χ0v) is 19.3. The molecule has 35 heavy (non-hydrogen) atoms. The summed E-state index contributed by atoms with van der Waals surface area (Å²) in [4.78, 5) is 32.8. The van der Waals surface area contributed by atoms with Crippen molar-refractivity contribution >= 4 is 28.6 Å². The molecule has 1 aromatic carbocycles. The van der Waals surface area contributed by atoms with Gasteiger partial charge in [-0.15, -0.1) is 0 Å². The molecule has 0 saturated carbocycles. The van der Waals surface area contributed by atoms with E-state index in [0.29, 0.717) is 49.5 Å². The van der Waals surface area contributed by atoms with Crippen LogP contribution >= 0.6 is 0 Å². The first-order chi connectivity index (χ1) is 17.1. The van der Waals surface area contributed by atoms with E-state index in [0.717, 1.165) is 22.6 Å². The van der Waals surface area contributed by atoms with E-state index in [9.17, 15) is 9.90 Å². The van der Waals surface area contributed by atoms with Crippen LogP contribution in [0.5, 0.6) is 0 Å². The van der Waals surface area contributed by atoms with Gasteiger partial charge < -0.3 is 19.9 Å². The van der Waals surface area contributed by atoms with Gasteiger partial charge >= 0.3 is 0 Å². The average Bonchev–Trinajstić information content (AvgIpc) is 3.38. The minimum absolute atomic E-state index is 0.0784. The van der Waals surface area contributed by atoms with E-state index in [4.69, 9.17) is 4.98 Å². The molecule has 3 aromatic heterocycles. The molecule has 5 heterocycles. The summed E-state index contributed by atoms with van der Waals surface area (Å²) in [6.07, 6.45) is 5.38. The monoisotopic (exact) mass is 470 g/mol. The van der Waals surface area contributed by atoms with Gasteiger partial charge in [-0.2, -0.15) is 0 Å². The Labute approximate surface area is 202 Å². The number of carbonyl (C=O) groups excluding carboxylic acids is 1. The van der Waals surface area contributed by atoms with Crippen molar-refractivity contribution < 1.29 is 9.90 Å². The summed E-state index contributed by atoms with van der Waals surface area (Å²) in [6, 6.07) is 11.7. The van der Waals surface area contributed by atoms with Gasteiger partial charge in [-0.25, -0.2) is 15.0 Å². The number of imidazole rings is 1. The Morgan fingerprint density at radius 3 is 2.71 bits per heavy atom. The van der Waals surface area contributed by atoms with E-state index in [1.54, 1.807) is 17.0 Å². The lowest BCUT2D eigenvalue weighted by molar-refractivity contribution is -0.121. The number of aromatic nitrogens is 5. The number of carbonyl (C=O) groups is 1. The van der Waals surface area contributed by atoms with Crippen LogP contribution in [-0.2, 0) is 23.8 Å². The third-order valence-corrected chi connectivity index (χ3v) is 7.21. The highest BCUT2D eigenvalue weighted by molar-refractivity contribution is 6.06. The lowest BCUT2D eigenvalue weighted by atomic mass is 9.73.